The minimum absolute atomic E-state index is 0.0286. The van der Waals surface area contributed by atoms with E-state index in [1.165, 1.54) is 0 Å². The van der Waals surface area contributed by atoms with Crippen molar-refractivity contribution in [3.8, 4) is 5.75 Å². The van der Waals surface area contributed by atoms with Crippen LogP contribution in [0.1, 0.15) is 36.5 Å². The Morgan fingerprint density at radius 3 is 2.38 bits per heavy atom. The van der Waals surface area contributed by atoms with Crippen LogP contribution in [-0.2, 0) is 6.61 Å². The summed E-state index contributed by atoms with van der Waals surface area (Å²) in [7, 11) is 0. The van der Waals surface area contributed by atoms with E-state index in [4.69, 9.17) is 5.11 Å². The van der Waals surface area contributed by atoms with Crippen molar-refractivity contribution in [2.24, 2.45) is 0 Å². The molecular formula is C11H16O2. The molecule has 0 fully saturated rings. The predicted molar refractivity (Wildman–Crippen MR) is 52.9 cm³/mol. The van der Waals surface area contributed by atoms with Gasteiger partial charge in [0, 0.05) is 0 Å². The monoisotopic (exact) mass is 180 g/mol. The third kappa shape index (κ3) is 2.01. The topological polar surface area (TPSA) is 40.5 Å². The maximum atomic E-state index is 9.71. The standard InChI is InChI=1S/C11H16O2/c1-7(2)10-5-9(6-12)4-8(3)11(10)13/h4-5,7,12-13H,6H2,1-3H3. The van der Waals surface area contributed by atoms with Crippen molar-refractivity contribution < 1.29 is 10.2 Å². The zero-order valence-corrected chi connectivity index (χ0v) is 8.33. The van der Waals surface area contributed by atoms with Crippen LogP contribution in [0.4, 0.5) is 0 Å². The van der Waals surface area contributed by atoms with E-state index in [-0.39, 0.29) is 12.5 Å². The highest BCUT2D eigenvalue weighted by Gasteiger charge is 2.09. The smallest absolute Gasteiger partial charge is 0.121 e. The largest absolute Gasteiger partial charge is 0.507 e. The van der Waals surface area contributed by atoms with Crippen LogP contribution in [0.15, 0.2) is 12.1 Å². The molecule has 0 atom stereocenters. The van der Waals surface area contributed by atoms with E-state index in [1.54, 1.807) is 6.07 Å². The van der Waals surface area contributed by atoms with Gasteiger partial charge in [-0.2, -0.15) is 0 Å². The molecule has 0 aromatic heterocycles. The lowest BCUT2D eigenvalue weighted by atomic mass is 9.97. The van der Waals surface area contributed by atoms with Gasteiger partial charge in [-0.05, 0) is 35.6 Å². The Balaban J connectivity index is 3.25. The van der Waals surface area contributed by atoms with Crippen molar-refractivity contribution in [1.29, 1.82) is 0 Å². The summed E-state index contributed by atoms with van der Waals surface area (Å²) in [6.07, 6.45) is 0. The molecule has 0 aliphatic heterocycles. The average Bonchev–Trinajstić information content (AvgIpc) is 2.09. The molecule has 1 aromatic rings. The second-order valence-corrected chi connectivity index (χ2v) is 3.66. The Bertz CT molecular complexity index is 303. The van der Waals surface area contributed by atoms with Crippen molar-refractivity contribution in [2.45, 2.75) is 33.3 Å². The Labute approximate surface area is 78.8 Å². The average molecular weight is 180 g/mol. The van der Waals surface area contributed by atoms with Crippen LogP contribution in [0.5, 0.6) is 5.75 Å². The molecule has 0 unspecified atom stereocenters. The minimum Gasteiger partial charge on any atom is -0.507 e. The van der Waals surface area contributed by atoms with Gasteiger partial charge in [-0.1, -0.05) is 19.9 Å². The van der Waals surface area contributed by atoms with Crippen LogP contribution in [0.3, 0.4) is 0 Å². The van der Waals surface area contributed by atoms with Gasteiger partial charge in [0.2, 0.25) is 0 Å². The maximum Gasteiger partial charge on any atom is 0.121 e. The van der Waals surface area contributed by atoms with Crippen LogP contribution in [0, 0.1) is 6.92 Å². The SMILES string of the molecule is Cc1cc(CO)cc(C(C)C)c1O. The molecule has 2 heteroatoms. The molecule has 0 spiro atoms. The van der Waals surface area contributed by atoms with E-state index < -0.39 is 0 Å². The van der Waals surface area contributed by atoms with E-state index in [0.29, 0.717) is 5.75 Å². The summed E-state index contributed by atoms with van der Waals surface area (Å²) in [6, 6.07) is 3.66. The maximum absolute atomic E-state index is 9.71. The van der Waals surface area contributed by atoms with Crippen molar-refractivity contribution in [3.63, 3.8) is 0 Å². The zero-order valence-electron chi connectivity index (χ0n) is 8.33. The first-order valence-electron chi connectivity index (χ1n) is 4.49. The molecule has 2 nitrogen and oxygen atoms in total. The highest BCUT2D eigenvalue weighted by Crippen LogP contribution is 2.29. The molecular weight excluding hydrogens is 164 g/mol. The fraction of sp³-hybridized carbons (Fsp3) is 0.455. The molecule has 0 bridgehead atoms. The summed E-state index contributed by atoms with van der Waals surface area (Å²) in [5.41, 5.74) is 2.60. The molecule has 0 aliphatic rings. The number of phenolic OH excluding ortho intramolecular Hbond substituents is 1. The second-order valence-electron chi connectivity index (χ2n) is 3.66. The fourth-order valence-corrected chi connectivity index (χ4v) is 1.42. The lowest BCUT2D eigenvalue weighted by Gasteiger charge is -2.12. The van der Waals surface area contributed by atoms with E-state index in [1.807, 2.05) is 26.8 Å². The van der Waals surface area contributed by atoms with Gasteiger partial charge < -0.3 is 10.2 Å². The number of rotatable bonds is 2. The van der Waals surface area contributed by atoms with Crippen LogP contribution < -0.4 is 0 Å². The molecule has 1 rings (SSSR count). The molecule has 0 saturated heterocycles. The van der Waals surface area contributed by atoms with Gasteiger partial charge in [-0.25, -0.2) is 0 Å². The molecule has 0 saturated carbocycles. The van der Waals surface area contributed by atoms with E-state index >= 15 is 0 Å². The molecule has 0 amide bonds. The Morgan fingerprint density at radius 2 is 1.92 bits per heavy atom. The number of aromatic hydroxyl groups is 1. The number of aliphatic hydroxyl groups is 1. The van der Waals surface area contributed by atoms with Crippen LogP contribution >= 0.6 is 0 Å². The third-order valence-electron chi connectivity index (χ3n) is 2.19. The summed E-state index contributed by atoms with van der Waals surface area (Å²) in [6.45, 7) is 5.92. The first kappa shape index (κ1) is 10.1. The Hall–Kier alpha value is -1.02. The molecule has 2 N–H and O–H groups in total. The van der Waals surface area contributed by atoms with E-state index in [9.17, 15) is 5.11 Å². The van der Waals surface area contributed by atoms with Gasteiger partial charge in [-0.3, -0.25) is 0 Å². The summed E-state index contributed by atoms with van der Waals surface area (Å²) in [5, 5.41) is 18.7. The van der Waals surface area contributed by atoms with Gasteiger partial charge in [0.25, 0.3) is 0 Å². The first-order valence-corrected chi connectivity index (χ1v) is 4.49. The molecule has 0 aliphatic carbocycles. The lowest BCUT2D eigenvalue weighted by Crippen LogP contribution is -1.94. The van der Waals surface area contributed by atoms with Gasteiger partial charge >= 0.3 is 0 Å². The third-order valence-corrected chi connectivity index (χ3v) is 2.19. The lowest BCUT2D eigenvalue weighted by molar-refractivity contribution is 0.281. The minimum atomic E-state index is 0.0286. The summed E-state index contributed by atoms with van der Waals surface area (Å²) >= 11 is 0. The van der Waals surface area contributed by atoms with Crippen LogP contribution in [0.25, 0.3) is 0 Å². The number of hydrogen-bond acceptors (Lipinski definition) is 2. The molecule has 72 valence electrons. The van der Waals surface area contributed by atoms with Crippen molar-refractivity contribution in [2.75, 3.05) is 0 Å². The summed E-state index contributed by atoms with van der Waals surface area (Å²) in [4.78, 5) is 0. The molecule has 0 radical (unpaired) electrons. The summed E-state index contributed by atoms with van der Waals surface area (Å²) < 4.78 is 0. The quantitative estimate of drug-likeness (QED) is 0.733. The molecule has 13 heavy (non-hydrogen) atoms. The summed E-state index contributed by atoms with van der Waals surface area (Å²) in [5.74, 6) is 0.636. The Morgan fingerprint density at radius 1 is 1.31 bits per heavy atom. The second kappa shape index (κ2) is 3.79. The number of benzene rings is 1. The molecule has 1 aromatic carbocycles. The number of phenols is 1. The first-order chi connectivity index (χ1) is 6.06. The Kier molecular flexibility index (Phi) is 2.94. The fourth-order valence-electron chi connectivity index (χ4n) is 1.42. The van der Waals surface area contributed by atoms with E-state index in [0.717, 1.165) is 16.7 Å². The van der Waals surface area contributed by atoms with Gasteiger partial charge in [0.1, 0.15) is 5.75 Å². The molecule has 0 heterocycles. The van der Waals surface area contributed by atoms with Gasteiger partial charge in [0.15, 0.2) is 0 Å². The normalized spacial score (nSPS) is 10.8. The van der Waals surface area contributed by atoms with Crippen LogP contribution in [0.2, 0.25) is 0 Å². The number of hydrogen-bond donors (Lipinski definition) is 2. The van der Waals surface area contributed by atoms with Crippen molar-refractivity contribution in [3.05, 3.63) is 28.8 Å². The highest BCUT2D eigenvalue weighted by molar-refractivity contribution is 5.44. The van der Waals surface area contributed by atoms with E-state index in [2.05, 4.69) is 0 Å². The van der Waals surface area contributed by atoms with Gasteiger partial charge in [-0.15, -0.1) is 0 Å². The number of aliphatic hydroxyl groups excluding tert-OH is 1. The van der Waals surface area contributed by atoms with Gasteiger partial charge in [0.05, 0.1) is 6.61 Å². The number of aryl methyl sites for hydroxylation is 1. The van der Waals surface area contributed by atoms with Crippen molar-refractivity contribution >= 4 is 0 Å². The van der Waals surface area contributed by atoms with Crippen molar-refractivity contribution in [1.82, 2.24) is 0 Å². The zero-order chi connectivity index (χ0) is 10.0. The predicted octanol–water partition coefficient (Wildman–Crippen LogP) is 2.32. The van der Waals surface area contributed by atoms with Crippen LogP contribution in [-0.4, -0.2) is 10.2 Å². The highest BCUT2D eigenvalue weighted by atomic mass is 16.3.